The van der Waals surface area contributed by atoms with Crippen LogP contribution in [0, 0.1) is 11.8 Å². The van der Waals surface area contributed by atoms with Crippen LogP contribution in [0.1, 0.15) is 85.8 Å². The summed E-state index contributed by atoms with van der Waals surface area (Å²) in [7, 11) is 0. The quantitative estimate of drug-likeness (QED) is 0.0659. The lowest BCUT2D eigenvalue weighted by atomic mass is 9.77. The van der Waals surface area contributed by atoms with Crippen LogP contribution in [0.4, 0.5) is 11.4 Å². The van der Waals surface area contributed by atoms with Gasteiger partial charge in [0.25, 0.3) is 11.8 Å². The lowest BCUT2D eigenvalue weighted by Gasteiger charge is -2.36. The van der Waals surface area contributed by atoms with Crippen molar-refractivity contribution in [3.63, 3.8) is 0 Å². The van der Waals surface area contributed by atoms with Crippen LogP contribution in [-0.2, 0) is 15.1 Å². The van der Waals surface area contributed by atoms with E-state index < -0.39 is 41.8 Å². The van der Waals surface area contributed by atoms with Crippen LogP contribution in [0.15, 0.2) is 91.0 Å². The number of aromatic carboxylic acids is 1. The van der Waals surface area contributed by atoms with Gasteiger partial charge in [-0.15, -0.1) is 0 Å². The van der Waals surface area contributed by atoms with Crippen molar-refractivity contribution in [3.05, 3.63) is 130 Å². The molecule has 308 valence electrons. The van der Waals surface area contributed by atoms with Gasteiger partial charge in [-0.1, -0.05) is 27.7 Å². The van der Waals surface area contributed by atoms with E-state index in [1.165, 1.54) is 78.9 Å². The van der Waals surface area contributed by atoms with Crippen LogP contribution in [-0.4, -0.2) is 64.7 Å². The fraction of sp³-hybridized carbons (Fsp3) is 0.222. The fourth-order valence-corrected chi connectivity index (χ4v) is 6.77. The molecule has 15 heteroatoms. The number of carbonyl (C=O) groups is 5. The van der Waals surface area contributed by atoms with Crippen molar-refractivity contribution in [3.8, 4) is 34.5 Å². The van der Waals surface area contributed by atoms with Gasteiger partial charge in [-0.05, 0) is 90.7 Å². The molecule has 0 aromatic heterocycles. The van der Waals surface area contributed by atoms with E-state index in [1.54, 1.807) is 12.1 Å². The zero-order valence-electron chi connectivity index (χ0n) is 33.0. The summed E-state index contributed by atoms with van der Waals surface area (Å²) in [6.07, 6.45) is 0. The van der Waals surface area contributed by atoms with Gasteiger partial charge in [0.05, 0.1) is 42.3 Å². The summed E-state index contributed by atoms with van der Waals surface area (Å²) in [6, 6.07) is 21.6. The van der Waals surface area contributed by atoms with Gasteiger partial charge in [0.2, 0.25) is 5.91 Å². The lowest BCUT2D eigenvalue weighted by molar-refractivity contribution is -0.115. The zero-order chi connectivity index (χ0) is 42.9. The average Bonchev–Trinajstić information content (AvgIpc) is 3.49. The molecule has 0 bridgehead atoms. The van der Waals surface area contributed by atoms with E-state index in [0.717, 1.165) is 0 Å². The average molecular weight is 816 g/mol. The van der Waals surface area contributed by atoms with Crippen molar-refractivity contribution >= 4 is 41.0 Å². The largest absolute Gasteiger partial charge is 0.508 e. The van der Waals surface area contributed by atoms with E-state index in [2.05, 4.69) is 16.0 Å². The van der Waals surface area contributed by atoms with Crippen molar-refractivity contribution in [2.45, 2.75) is 33.3 Å². The summed E-state index contributed by atoms with van der Waals surface area (Å²) in [4.78, 5) is 65.3. The Morgan fingerprint density at radius 2 is 1.18 bits per heavy atom. The van der Waals surface area contributed by atoms with Crippen molar-refractivity contribution in [2.75, 3.05) is 30.4 Å². The minimum atomic E-state index is -1.59. The highest BCUT2D eigenvalue weighted by Gasteiger charge is 2.54. The number of nitrogens with one attached hydrogen (secondary N) is 3. The number of hydrogen-bond acceptors (Lipinski definition) is 11. The number of anilines is 2. The number of aromatic hydroxyl groups is 2. The van der Waals surface area contributed by atoms with E-state index in [4.69, 9.17) is 18.9 Å². The summed E-state index contributed by atoms with van der Waals surface area (Å²) in [5.41, 5.74) is 0.478. The number of carboxylic acid groups (broad SMARTS) is 1. The maximum Gasteiger partial charge on any atom is 0.340 e. The Labute approximate surface area is 343 Å². The number of fused-ring (bicyclic) bond motifs is 6. The van der Waals surface area contributed by atoms with Crippen LogP contribution in [0.25, 0.3) is 0 Å². The summed E-state index contributed by atoms with van der Waals surface area (Å²) in [6.45, 7) is 7.81. The molecule has 2 aliphatic heterocycles. The Kier molecular flexibility index (Phi) is 11.1. The molecule has 15 nitrogen and oxygen atoms in total. The minimum absolute atomic E-state index is 0.00317. The van der Waals surface area contributed by atoms with E-state index >= 15 is 0 Å². The Morgan fingerprint density at radius 1 is 0.650 bits per heavy atom. The molecule has 2 aliphatic rings. The second-order valence-electron chi connectivity index (χ2n) is 15.1. The molecule has 0 saturated heterocycles. The summed E-state index contributed by atoms with van der Waals surface area (Å²) >= 11 is 0. The van der Waals surface area contributed by atoms with Gasteiger partial charge in [0, 0.05) is 39.9 Å². The molecule has 7 rings (SSSR count). The third-order valence-electron chi connectivity index (χ3n) is 9.58. The first-order valence-corrected chi connectivity index (χ1v) is 19.0. The highest BCUT2D eigenvalue weighted by atomic mass is 16.6. The lowest BCUT2D eigenvalue weighted by Crippen LogP contribution is -2.34. The molecular weight excluding hydrogens is 775 g/mol. The maximum atomic E-state index is 13.6. The van der Waals surface area contributed by atoms with Crippen LogP contribution in [0.5, 0.6) is 34.5 Å². The van der Waals surface area contributed by atoms with Crippen LogP contribution >= 0.6 is 0 Å². The van der Waals surface area contributed by atoms with Gasteiger partial charge < -0.3 is 50.2 Å². The standard InChI is InChI=1S/C45H41N3O12/c1-23(2)21-57-38-16-26(42(53)48-35-14-7-27(43(54)55)17-39(35)58-22-24(3)4)6-13-34(38)47-40(51)20-46-41(52)25-5-10-30-33(15-25)45(60-44(30)56)31-11-8-28(49)18-36(31)59-37-19-29(50)9-12-32(37)45/h5-19,23-24,49-50H,20-22H2,1-4H3,(H,46,52)(H,47,51)(H,48,53)(H,54,55). The predicted molar refractivity (Wildman–Crippen MR) is 217 cm³/mol. The van der Waals surface area contributed by atoms with E-state index in [0.29, 0.717) is 16.7 Å². The third kappa shape index (κ3) is 8.09. The molecule has 2 heterocycles. The molecular formula is C45H41N3O12. The second-order valence-corrected chi connectivity index (χ2v) is 15.1. The van der Waals surface area contributed by atoms with Gasteiger partial charge in [-0.3, -0.25) is 14.4 Å². The van der Waals surface area contributed by atoms with Gasteiger partial charge in [0.1, 0.15) is 34.5 Å². The van der Waals surface area contributed by atoms with E-state index in [9.17, 15) is 39.3 Å². The maximum absolute atomic E-state index is 13.6. The number of rotatable bonds is 13. The number of phenolic OH excluding ortho intramolecular Hbond substituents is 2. The van der Waals surface area contributed by atoms with Gasteiger partial charge in [0.15, 0.2) is 5.60 Å². The smallest absolute Gasteiger partial charge is 0.340 e. The number of amides is 3. The molecule has 0 aliphatic carbocycles. The molecule has 5 aromatic carbocycles. The number of hydrogen-bond donors (Lipinski definition) is 6. The van der Waals surface area contributed by atoms with Crippen molar-refractivity contribution < 1.29 is 58.2 Å². The highest BCUT2D eigenvalue weighted by molar-refractivity contribution is 6.07. The molecule has 6 N–H and O–H groups in total. The summed E-state index contributed by atoms with van der Waals surface area (Å²) in [5, 5.41) is 38.0. The topological polar surface area (TPSA) is 219 Å². The molecule has 5 aromatic rings. The summed E-state index contributed by atoms with van der Waals surface area (Å²) < 4.78 is 23.9. The van der Waals surface area contributed by atoms with Crippen LogP contribution in [0.3, 0.4) is 0 Å². The first-order valence-electron chi connectivity index (χ1n) is 19.0. The van der Waals surface area contributed by atoms with Gasteiger partial charge in [-0.2, -0.15) is 0 Å². The number of ether oxygens (including phenoxy) is 4. The molecule has 0 fully saturated rings. The zero-order valence-corrected chi connectivity index (χ0v) is 33.0. The number of benzene rings is 5. The Balaban J connectivity index is 1.09. The molecule has 3 amide bonds. The summed E-state index contributed by atoms with van der Waals surface area (Å²) in [5.74, 6) is -2.82. The molecule has 0 atom stereocenters. The molecule has 0 saturated carbocycles. The second kappa shape index (κ2) is 16.4. The first kappa shape index (κ1) is 40.6. The SMILES string of the molecule is CC(C)COc1cc(C(=O)Nc2ccc(C(=O)O)cc2OCC(C)C)ccc1NC(=O)CNC(=O)c1ccc2c(c1)C1(OC2=O)c2ccc(O)cc2Oc2cc(O)ccc21. The molecule has 1 spiro atoms. The highest BCUT2D eigenvalue weighted by Crippen LogP contribution is 2.57. The normalized spacial score (nSPS) is 13.1. The number of carboxylic acids is 1. The number of phenols is 2. The minimum Gasteiger partial charge on any atom is -0.508 e. The van der Waals surface area contributed by atoms with E-state index in [1.807, 2.05) is 27.7 Å². The predicted octanol–water partition coefficient (Wildman–Crippen LogP) is 7.05. The molecule has 0 radical (unpaired) electrons. The van der Waals surface area contributed by atoms with E-state index in [-0.39, 0.29) is 93.2 Å². The Hall–Kier alpha value is -7.55. The Morgan fingerprint density at radius 3 is 1.77 bits per heavy atom. The van der Waals surface area contributed by atoms with Crippen molar-refractivity contribution in [1.82, 2.24) is 5.32 Å². The third-order valence-corrected chi connectivity index (χ3v) is 9.58. The molecule has 0 unspecified atom stereocenters. The van der Waals surface area contributed by atoms with Crippen LogP contribution in [0.2, 0.25) is 0 Å². The van der Waals surface area contributed by atoms with Crippen LogP contribution < -0.4 is 30.2 Å². The first-order chi connectivity index (χ1) is 28.6. The van der Waals surface area contributed by atoms with Crippen molar-refractivity contribution in [1.29, 1.82) is 0 Å². The monoisotopic (exact) mass is 815 g/mol. The number of esters is 1. The fourth-order valence-electron chi connectivity index (χ4n) is 6.77. The van der Waals surface area contributed by atoms with Gasteiger partial charge in [-0.25, -0.2) is 9.59 Å². The van der Waals surface area contributed by atoms with Gasteiger partial charge >= 0.3 is 11.9 Å². The Bertz CT molecular complexity index is 2510. The molecule has 60 heavy (non-hydrogen) atoms. The van der Waals surface area contributed by atoms with Crippen molar-refractivity contribution in [2.24, 2.45) is 11.8 Å². The number of carbonyl (C=O) groups excluding carboxylic acids is 4.